The van der Waals surface area contributed by atoms with Crippen molar-refractivity contribution < 1.29 is 9.66 Å². The van der Waals surface area contributed by atoms with E-state index in [1.54, 1.807) is 19.2 Å². The lowest BCUT2D eigenvalue weighted by molar-refractivity contribution is -0.384. The minimum absolute atomic E-state index is 0.0284. The van der Waals surface area contributed by atoms with E-state index >= 15 is 0 Å². The lowest BCUT2D eigenvalue weighted by Gasteiger charge is -2.30. The van der Waals surface area contributed by atoms with E-state index in [1.165, 1.54) is 0 Å². The van der Waals surface area contributed by atoms with Gasteiger partial charge in [0.15, 0.2) is 0 Å². The normalized spacial score (nSPS) is 20.2. The molecule has 1 aliphatic rings. The van der Waals surface area contributed by atoms with Crippen molar-refractivity contribution in [1.29, 1.82) is 0 Å². The number of nitrogens with one attached hydrogen (secondary N) is 1. The summed E-state index contributed by atoms with van der Waals surface area (Å²) in [7, 11) is 2.03. The maximum Gasteiger partial charge on any atom is 0.314 e. The molecule has 0 spiro atoms. The first-order chi connectivity index (χ1) is 9.08. The van der Waals surface area contributed by atoms with Crippen LogP contribution < -0.4 is 5.32 Å². The van der Waals surface area contributed by atoms with Gasteiger partial charge in [-0.1, -0.05) is 0 Å². The molecule has 0 aliphatic carbocycles. The molecule has 19 heavy (non-hydrogen) atoms. The van der Waals surface area contributed by atoms with Crippen molar-refractivity contribution in [2.45, 2.75) is 13.0 Å². The number of nitro groups is 1. The van der Waals surface area contributed by atoms with Gasteiger partial charge in [-0.15, -0.1) is 0 Å². The third-order valence-electron chi connectivity index (χ3n) is 3.15. The average Bonchev–Trinajstić information content (AvgIpc) is 2.36. The molecule has 0 radical (unpaired) electrons. The quantitative estimate of drug-likeness (QED) is 0.648. The number of hydrogen-bond donors (Lipinski definition) is 1. The Hall–Kier alpha value is -1.73. The predicted octanol–water partition coefficient (Wildman–Crippen LogP) is 1.04. The largest absolute Gasteiger partial charge is 0.374 e. The second-order valence-corrected chi connectivity index (χ2v) is 4.72. The number of pyridine rings is 1. The minimum Gasteiger partial charge on any atom is -0.374 e. The molecule has 0 saturated carbocycles. The molecule has 1 aliphatic heterocycles. The summed E-state index contributed by atoms with van der Waals surface area (Å²) in [6, 6.07) is 1.63. The van der Waals surface area contributed by atoms with E-state index < -0.39 is 4.92 Å². The fourth-order valence-corrected chi connectivity index (χ4v) is 2.11. The van der Waals surface area contributed by atoms with Gasteiger partial charge in [-0.05, 0) is 20.0 Å². The fraction of sp³-hybridized carbons (Fsp3) is 0.583. The van der Waals surface area contributed by atoms with Crippen molar-refractivity contribution in [2.24, 2.45) is 0 Å². The Balaban J connectivity index is 2.03. The second kappa shape index (κ2) is 5.94. The first-order valence-electron chi connectivity index (χ1n) is 6.22. The molecule has 7 nitrogen and oxygen atoms in total. The maximum absolute atomic E-state index is 11.0. The molecule has 1 fully saturated rings. The summed E-state index contributed by atoms with van der Waals surface area (Å²) >= 11 is 0. The van der Waals surface area contributed by atoms with Gasteiger partial charge in [0.25, 0.3) is 0 Å². The highest BCUT2D eigenvalue weighted by Gasteiger charge is 2.21. The molecule has 0 bridgehead atoms. The third kappa shape index (κ3) is 3.39. The lowest BCUT2D eigenvalue weighted by Crippen LogP contribution is -2.43. The summed E-state index contributed by atoms with van der Waals surface area (Å²) in [5.41, 5.74) is 0.635. The van der Waals surface area contributed by atoms with Crippen LogP contribution in [0.25, 0.3) is 0 Å². The van der Waals surface area contributed by atoms with Gasteiger partial charge in [0, 0.05) is 31.4 Å². The minimum atomic E-state index is -0.404. The van der Waals surface area contributed by atoms with E-state index in [0.29, 0.717) is 24.5 Å². The number of nitrogens with zero attached hydrogens (tertiary/aromatic N) is 3. The van der Waals surface area contributed by atoms with Crippen LogP contribution in [0.1, 0.15) is 5.56 Å². The van der Waals surface area contributed by atoms with Gasteiger partial charge in [0.05, 0.1) is 17.6 Å². The van der Waals surface area contributed by atoms with Crippen LogP contribution in [0.4, 0.5) is 11.5 Å². The number of likely N-dealkylation sites (N-methyl/N-ethyl adjacent to an activating group) is 1. The first kappa shape index (κ1) is 13.7. The zero-order valence-electron chi connectivity index (χ0n) is 11.1. The van der Waals surface area contributed by atoms with Gasteiger partial charge in [-0.2, -0.15) is 0 Å². The predicted molar refractivity (Wildman–Crippen MR) is 71.4 cm³/mol. The molecule has 2 heterocycles. The molecule has 1 saturated heterocycles. The Morgan fingerprint density at radius 1 is 1.68 bits per heavy atom. The topological polar surface area (TPSA) is 80.5 Å². The van der Waals surface area contributed by atoms with Gasteiger partial charge in [-0.3, -0.25) is 10.1 Å². The summed E-state index contributed by atoms with van der Waals surface area (Å²) in [5.74, 6) is 0.307. The van der Waals surface area contributed by atoms with E-state index in [0.717, 1.165) is 13.1 Å². The van der Waals surface area contributed by atoms with Crippen molar-refractivity contribution in [1.82, 2.24) is 9.88 Å². The van der Waals surface area contributed by atoms with Crippen LogP contribution in [0, 0.1) is 17.0 Å². The van der Waals surface area contributed by atoms with Crippen LogP contribution in [0.5, 0.6) is 0 Å². The third-order valence-corrected chi connectivity index (χ3v) is 3.15. The second-order valence-electron chi connectivity index (χ2n) is 4.72. The Morgan fingerprint density at radius 3 is 3.16 bits per heavy atom. The lowest BCUT2D eigenvalue weighted by atomic mass is 10.2. The molecule has 1 aromatic heterocycles. The number of aryl methyl sites for hydroxylation is 1. The van der Waals surface area contributed by atoms with E-state index in [-0.39, 0.29) is 11.8 Å². The first-order valence-corrected chi connectivity index (χ1v) is 6.22. The summed E-state index contributed by atoms with van der Waals surface area (Å²) in [4.78, 5) is 16.8. The molecule has 0 aromatic carbocycles. The van der Waals surface area contributed by atoms with Gasteiger partial charge < -0.3 is 15.0 Å². The molecule has 0 amide bonds. The van der Waals surface area contributed by atoms with Crippen LogP contribution in [0.2, 0.25) is 0 Å². The van der Waals surface area contributed by atoms with Crippen LogP contribution >= 0.6 is 0 Å². The summed E-state index contributed by atoms with van der Waals surface area (Å²) < 4.78 is 5.60. The Morgan fingerprint density at radius 2 is 2.47 bits per heavy atom. The molecule has 1 aromatic rings. The molecule has 1 N–H and O–H groups in total. The monoisotopic (exact) mass is 266 g/mol. The molecule has 1 atom stereocenters. The average molecular weight is 266 g/mol. The maximum atomic E-state index is 11.0. The number of rotatable bonds is 4. The molecular weight excluding hydrogens is 248 g/mol. The van der Waals surface area contributed by atoms with Crippen LogP contribution in [0.3, 0.4) is 0 Å². The smallest absolute Gasteiger partial charge is 0.314 e. The van der Waals surface area contributed by atoms with Gasteiger partial charge >= 0.3 is 5.69 Å². The number of ether oxygens (including phenoxy) is 1. The zero-order chi connectivity index (χ0) is 13.8. The van der Waals surface area contributed by atoms with Gasteiger partial charge in [0.1, 0.15) is 0 Å². The van der Waals surface area contributed by atoms with Crippen LogP contribution in [-0.4, -0.2) is 54.2 Å². The van der Waals surface area contributed by atoms with Crippen LogP contribution in [0.15, 0.2) is 12.3 Å². The Bertz CT molecular complexity index is 466. The number of aromatic nitrogens is 1. The highest BCUT2D eigenvalue weighted by Crippen LogP contribution is 2.25. The fourth-order valence-electron chi connectivity index (χ4n) is 2.11. The zero-order valence-corrected chi connectivity index (χ0v) is 11.1. The van der Waals surface area contributed by atoms with E-state index in [1.807, 2.05) is 7.05 Å². The Labute approximate surface area is 111 Å². The van der Waals surface area contributed by atoms with E-state index in [4.69, 9.17) is 4.74 Å². The number of hydrogen-bond acceptors (Lipinski definition) is 6. The van der Waals surface area contributed by atoms with E-state index in [2.05, 4.69) is 15.2 Å². The van der Waals surface area contributed by atoms with Crippen molar-refractivity contribution in [3.05, 3.63) is 27.9 Å². The number of morpholine rings is 1. The van der Waals surface area contributed by atoms with Crippen molar-refractivity contribution in [2.75, 3.05) is 38.6 Å². The van der Waals surface area contributed by atoms with Crippen molar-refractivity contribution in [3.8, 4) is 0 Å². The van der Waals surface area contributed by atoms with Gasteiger partial charge in [0.2, 0.25) is 5.82 Å². The van der Waals surface area contributed by atoms with E-state index in [9.17, 15) is 10.1 Å². The number of anilines is 1. The molecule has 2 rings (SSSR count). The summed E-state index contributed by atoms with van der Waals surface area (Å²) in [6.45, 7) is 4.63. The van der Waals surface area contributed by atoms with Crippen molar-refractivity contribution in [3.63, 3.8) is 0 Å². The molecular formula is C12H18N4O3. The van der Waals surface area contributed by atoms with Crippen LogP contribution in [-0.2, 0) is 4.74 Å². The molecule has 104 valence electrons. The highest BCUT2D eigenvalue weighted by molar-refractivity contribution is 5.59. The summed E-state index contributed by atoms with van der Waals surface area (Å²) in [6.07, 6.45) is 1.60. The van der Waals surface area contributed by atoms with Gasteiger partial charge in [-0.25, -0.2) is 4.98 Å². The standard InChI is InChI=1S/C12H18N4O3/c1-9-3-4-13-12(11(9)16(17)18)14-7-10-8-15(2)5-6-19-10/h3-4,10H,5-8H2,1-2H3,(H,13,14). The highest BCUT2D eigenvalue weighted by atomic mass is 16.6. The Kier molecular flexibility index (Phi) is 4.28. The SMILES string of the molecule is Cc1ccnc(NCC2CN(C)CCO2)c1[N+](=O)[O-]. The summed E-state index contributed by atoms with van der Waals surface area (Å²) in [5, 5.41) is 14.1. The molecule has 7 heteroatoms. The van der Waals surface area contributed by atoms with Crippen molar-refractivity contribution >= 4 is 11.5 Å². The molecule has 1 unspecified atom stereocenters.